The van der Waals surface area contributed by atoms with Gasteiger partial charge in [-0.15, -0.1) is 0 Å². The van der Waals surface area contributed by atoms with Gasteiger partial charge < -0.3 is 25.7 Å². The summed E-state index contributed by atoms with van der Waals surface area (Å²) < 4.78 is 0. The molecule has 2 aliphatic carbocycles. The van der Waals surface area contributed by atoms with Gasteiger partial charge in [-0.3, -0.25) is 29.0 Å². The molecule has 3 N–H and O–H groups in total. The van der Waals surface area contributed by atoms with Crippen LogP contribution < -0.4 is 16.0 Å². The van der Waals surface area contributed by atoms with Gasteiger partial charge in [0.05, 0.1) is 18.3 Å². The maximum absolute atomic E-state index is 14.6. The van der Waals surface area contributed by atoms with E-state index in [4.69, 9.17) is 16.4 Å². The van der Waals surface area contributed by atoms with E-state index in [1.54, 1.807) is 24.5 Å². The Morgan fingerprint density at radius 1 is 1.08 bits per heavy atom. The third-order valence-electron chi connectivity index (χ3n) is 9.97. The van der Waals surface area contributed by atoms with Gasteiger partial charge in [0.15, 0.2) is 5.60 Å². The molecule has 260 valence electrons. The van der Waals surface area contributed by atoms with Gasteiger partial charge in [-0.05, 0) is 53.9 Å². The maximum Gasteiger partial charge on any atom is 0.289 e. The Bertz CT molecular complexity index is 1670. The van der Waals surface area contributed by atoms with Gasteiger partial charge in [-0.25, -0.2) is 0 Å². The summed E-state index contributed by atoms with van der Waals surface area (Å²) in [5.74, 6) is -2.80. The highest BCUT2D eigenvalue weighted by atomic mass is 35.5. The van der Waals surface area contributed by atoms with E-state index >= 15 is 0 Å². The molecule has 0 bridgehead atoms. The number of nitrogens with zero attached hydrogens (tertiary/aromatic N) is 3. The number of carbonyl (C=O) groups is 5. The topological polar surface area (TPSA) is 159 Å². The van der Waals surface area contributed by atoms with Crippen LogP contribution in [0, 0.1) is 17.3 Å². The van der Waals surface area contributed by atoms with Gasteiger partial charge in [0.25, 0.3) is 5.91 Å². The van der Waals surface area contributed by atoms with Crippen LogP contribution in [0.25, 0.3) is 0 Å². The minimum Gasteiger partial charge on any atom is -0.387 e. The van der Waals surface area contributed by atoms with E-state index in [0.29, 0.717) is 30.0 Å². The van der Waals surface area contributed by atoms with E-state index in [-0.39, 0.29) is 36.6 Å². The first-order valence-corrected chi connectivity index (χ1v) is 17.2. The quantitative estimate of drug-likeness (QED) is 0.306. The molecule has 4 amide bonds. The molecular weight excluding hydrogens is 648 g/mol. The van der Waals surface area contributed by atoms with Crippen LogP contribution in [0.5, 0.6) is 0 Å². The number of aromatic nitrogens is 1. The summed E-state index contributed by atoms with van der Waals surface area (Å²) in [7, 11) is 1.37. The lowest BCUT2D eigenvalue weighted by Crippen LogP contribution is -2.59. The zero-order valence-corrected chi connectivity index (χ0v) is 29.0. The fourth-order valence-corrected chi connectivity index (χ4v) is 7.12. The van der Waals surface area contributed by atoms with E-state index in [2.05, 4.69) is 26.1 Å². The third kappa shape index (κ3) is 7.64. The molecule has 2 saturated carbocycles. The van der Waals surface area contributed by atoms with Gasteiger partial charge in [0, 0.05) is 48.8 Å². The lowest BCUT2D eigenvalue weighted by Gasteiger charge is -2.35. The number of nitrogens with one attached hydrogen (secondary N) is 3. The van der Waals surface area contributed by atoms with E-state index < -0.39 is 52.6 Å². The van der Waals surface area contributed by atoms with Crippen molar-refractivity contribution in [2.45, 2.75) is 88.9 Å². The van der Waals surface area contributed by atoms with Crippen LogP contribution in [-0.4, -0.2) is 82.3 Å². The second-order valence-corrected chi connectivity index (χ2v) is 15.3. The molecule has 12 nitrogen and oxygen atoms in total. The summed E-state index contributed by atoms with van der Waals surface area (Å²) in [6, 6.07) is 7.94. The molecule has 2 aromatic rings. The second-order valence-electron chi connectivity index (χ2n) is 14.9. The molecule has 2 unspecified atom stereocenters. The van der Waals surface area contributed by atoms with E-state index in [1.807, 2.05) is 45.0 Å². The second kappa shape index (κ2) is 13.5. The third-order valence-corrected chi connectivity index (χ3v) is 10.2. The number of likely N-dealkylation sites (tertiary alicyclic amines) is 1. The highest BCUT2D eigenvalue weighted by molar-refractivity contribution is 6.38. The number of oxime groups is 1. The van der Waals surface area contributed by atoms with Gasteiger partial charge in [-0.1, -0.05) is 68.6 Å². The SMILES string of the molecule is CNC(=O)C(=O)[C@H](CC1CC1)NC(=O)[C@@H]1C[C@]2(CC(c3cccc(Cl)c3)=NO2)CN1C(=O)[C@@H](NC(=O)C1CC1c1cccnc1)C(C)(C)C. The van der Waals surface area contributed by atoms with Crippen molar-refractivity contribution in [2.24, 2.45) is 22.4 Å². The minimum atomic E-state index is -1.05. The Hall–Kier alpha value is -4.32. The summed E-state index contributed by atoms with van der Waals surface area (Å²) in [6.45, 7) is 5.62. The van der Waals surface area contributed by atoms with Crippen molar-refractivity contribution in [3.63, 3.8) is 0 Å². The smallest absolute Gasteiger partial charge is 0.289 e. The molecule has 3 heterocycles. The van der Waals surface area contributed by atoms with Crippen LogP contribution >= 0.6 is 11.6 Å². The van der Waals surface area contributed by atoms with Crippen molar-refractivity contribution in [2.75, 3.05) is 13.6 Å². The van der Waals surface area contributed by atoms with Gasteiger partial charge >= 0.3 is 0 Å². The molecule has 2 aliphatic heterocycles. The fourth-order valence-electron chi connectivity index (χ4n) is 6.93. The summed E-state index contributed by atoms with van der Waals surface area (Å²) in [4.78, 5) is 79.4. The first-order chi connectivity index (χ1) is 23.3. The van der Waals surface area contributed by atoms with Crippen LogP contribution in [0.1, 0.15) is 76.3 Å². The average Bonchev–Trinajstić information content (AvgIpc) is 4.00. The van der Waals surface area contributed by atoms with Gasteiger partial charge in [0.1, 0.15) is 12.1 Å². The predicted molar refractivity (Wildman–Crippen MR) is 181 cm³/mol. The van der Waals surface area contributed by atoms with Crippen molar-refractivity contribution in [3.05, 3.63) is 64.9 Å². The maximum atomic E-state index is 14.6. The Morgan fingerprint density at radius 3 is 2.51 bits per heavy atom. The lowest BCUT2D eigenvalue weighted by molar-refractivity contribution is -0.145. The largest absolute Gasteiger partial charge is 0.387 e. The Kier molecular flexibility index (Phi) is 9.54. The molecule has 3 fully saturated rings. The Morgan fingerprint density at radius 2 is 1.86 bits per heavy atom. The highest BCUT2D eigenvalue weighted by Gasteiger charge is 2.56. The van der Waals surface area contributed by atoms with Crippen molar-refractivity contribution >= 4 is 46.7 Å². The number of halogens is 1. The highest BCUT2D eigenvalue weighted by Crippen LogP contribution is 2.48. The molecule has 1 saturated heterocycles. The number of likely N-dealkylation sites (N-methyl/N-ethyl adjacent to an activating group) is 1. The van der Waals surface area contributed by atoms with Gasteiger partial charge in [0.2, 0.25) is 23.5 Å². The molecule has 1 aromatic carbocycles. The molecule has 1 aromatic heterocycles. The number of amides is 4. The number of hydrogen-bond acceptors (Lipinski definition) is 8. The number of hydrogen-bond donors (Lipinski definition) is 3. The molecule has 6 rings (SSSR count). The molecule has 1 spiro atoms. The van der Waals surface area contributed by atoms with Crippen LogP contribution in [-0.2, 0) is 28.8 Å². The average molecular weight is 691 g/mol. The van der Waals surface area contributed by atoms with Crippen molar-refractivity contribution in [1.82, 2.24) is 25.8 Å². The summed E-state index contributed by atoms with van der Waals surface area (Å²) >= 11 is 6.25. The van der Waals surface area contributed by atoms with Crippen LogP contribution in [0.2, 0.25) is 5.02 Å². The lowest BCUT2D eigenvalue weighted by atomic mass is 9.85. The van der Waals surface area contributed by atoms with E-state index in [1.165, 1.54) is 11.9 Å². The zero-order chi connectivity index (χ0) is 35.1. The summed E-state index contributed by atoms with van der Waals surface area (Å²) in [6.07, 6.45) is 6.66. The normalized spacial score (nSPS) is 25.5. The monoisotopic (exact) mass is 690 g/mol. The van der Waals surface area contributed by atoms with Crippen molar-refractivity contribution in [1.29, 1.82) is 0 Å². The summed E-state index contributed by atoms with van der Waals surface area (Å²) in [5, 5.41) is 13.1. The van der Waals surface area contributed by atoms with Crippen molar-refractivity contribution in [3.8, 4) is 0 Å². The number of rotatable bonds is 11. The standard InChI is InChI=1S/C36H43ClN6O6/c1-35(2,3)30(41-31(45)25-15-24(25)22-8-6-12-39-18-22)34(48)43-19-36(16-27(42-49-36)21-7-5-9-23(37)14-21)17-28(43)32(46)40-26(13-20-10-11-20)29(44)33(47)38-4/h5-9,12,14,18,20,24-26,28,30H,10-11,13,15-17,19H2,1-4H3,(H,38,47)(H,40,46)(H,41,45)/t24?,25?,26-,28-,30+,36+/m0/s1. The first kappa shape index (κ1) is 34.5. The predicted octanol–water partition coefficient (Wildman–Crippen LogP) is 3.13. The van der Waals surface area contributed by atoms with E-state index in [9.17, 15) is 24.0 Å². The molecule has 4 aliphatic rings. The number of Topliss-reactive ketones (excluding diaryl/α,β-unsaturated/α-hetero) is 1. The molecule has 0 radical (unpaired) electrons. The number of carbonyl (C=O) groups excluding carboxylic acids is 5. The Labute approximate surface area is 290 Å². The first-order valence-electron chi connectivity index (χ1n) is 16.9. The number of benzene rings is 1. The molecule has 13 heteroatoms. The van der Waals surface area contributed by atoms with E-state index in [0.717, 1.165) is 24.0 Å². The van der Waals surface area contributed by atoms with Crippen LogP contribution in [0.4, 0.5) is 0 Å². The molecule has 6 atom stereocenters. The van der Waals surface area contributed by atoms with Crippen LogP contribution in [0.15, 0.2) is 53.9 Å². The summed E-state index contributed by atoms with van der Waals surface area (Å²) in [5.41, 5.74) is 0.627. The number of ketones is 1. The van der Waals surface area contributed by atoms with Crippen molar-refractivity contribution < 1.29 is 28.8 Å². The van der Waals surface area contributed by atoms with Gasteiger partial charge in [-0.2, -0.15) is 0 Å². The van der Waals surface area contributed by atoms with Crippen LogP contribution in [0.3, 0.4) is 0 Å². The zero-order valence-electron chi connectivity index (χ0n) is 28.2. The fraction of sp³-hybridized carbons (Fsp3) is 0.528. The molecular formula is C36H43ClN6O6. The Balaban J connectivity index is 1.25. The molecule has 49 heavy (non-hydrogen) atoms. The number of pyridine rings is 1. The minimum absolute atomic E-state index is 0.0215.